The largest absolute Gasteiger partial charge is 0.490 e. The van der Waals surface area contributed by atoms with E-state index in [4.69, 9.17) is 10.5 Å². The summed E-state index contributed by atoms with van der Waals surface area (Å²) in [5, 5.41) is 0. The summed E-state index contributed by atoms with van der Waals surface area (Å²) < 4.78 is 46.5. The van der Waals surface area contributed by atoms with Crippen molar-refractivity contribution in [2.45, 2.75) is 51.2 Å². The normalized spacial score (nSPS) is 15.1. The van der Waals surface area contributed by atoms with Crippen molar-refractivity contribution in [1.82, 2.24) is 4.90 Å². The maximum absolute atomic E-state index is 13.9. The lowest BCUT2D eigenvalue weighted by Gasteiger charge is -2.33. The number of nitrogens with zero attached hydrogens (tertiary/aromatic N) is 1. The number of nitrogens with two attached hydrogens (primary N) is 1. The zero-order valence-electron chi connectivity index (χ0n) is 20.4. The number of likely N-dealkylation sites (tertiary alicyclic amines) is 1. The minimum absolute atomic E-state index is 0.00626. The van der Waals surface area contributed by atoms with Gasteiger partial charge < -0.3 is 15.4 Å². The van der Waals surface area contributed by atoms with E-state index >= 15 is 0 Å². The van der Waals surface area contributed by atoms with E-state index in [-0.39, 0.29) is 30.4 Å². The molecule has 1 aliphatic rings. The summed E-state index contributed by atoms with van der Waals surface area (Å²) in [6, 6.07) is 17.1. The van der Waals surface area contributed by atoms with Gasteiger partial charge in [0.15, 0.2) is 11.6 Å². The number of piperidine rings is 1. The van der Waals surface area contributed by atoms with Gasteiger partial charge in [0.2, 0.25) is 5.91 Å². The molecular formula is C29H31F3N2O2. The number of ether oxygens (including phenoxy) is 1. The number of hydrogen-bond acceptors (Lipinski definition) is 3. The van der Waals surface area contributed by atoms with E-state index in [1.165, 1.54) is 16.7 Å². The molecular weight excluding hydrogens is 465 g/mol. The van der Waals surface area contributed by atoms with Crippen LogP contribution in [0.15, 0.2) is 60.7 Å². The fourth-order valence-corrected chi connectivity index (χ4v) is 4.56. The Hall–Kier alpha value is -3.32. The Bertz CT molecular complexity index is 1190. The smallest absolute Gasteiger partial charge is 0.224 e. The Balaban J connectivity index is 1.22. The maximum atomic E-state index is 13.9. The third-order valence-electron chi connectivity index (χ3n) is 6.68. The van der Waals surface area contributed by atoms with Crippen LogP contribution in [-0.4, -0.2) is 36.0 Å². The van der Waals surface area contributed by atoms with Crippen molar-refractivity contribution in [2.24, 2.45) is 5.73 Å². The van der Waals surface area contributed by atoms with E-state index in [0.717, 1.165) is 18.2 Å². The Morgan fingerprint density at radius 2 is 1.64 bits per heavy atom. The Morgan fingerprint density at radius 1 is 0.972 bits per heavy atom. The van der Waals surface area contributed by atoms with E-state index in [2.05, 4.69) is 37.3 Å². The van der Waals surface area contributed by atoms with Crippen LogP contribution in [0.2, 0.25) is 0 Å². The van der Waals surface area contributed by atoms with Gasteiger partial charge in [-0.3, -0.25) is 4.79 Å². The van der Waals surface area contributed by atoms with Gasteiger partial charge in [0.25, 0.3) is 0 Å². The molecule has 36 heavy (non-hydrogen) atoms. The van der Waals surface area contributed by atoms with E-state index in [1.54, 1.807) is 4.90 Å². The lowest BCUT2D eigenvalue weighted by molar-refractivity contribution is -0.133. The minimum atomic E-state index is -1.25. The third kappa shape index (κ3) is 6.66. The summed E-state index contributed by atoms with van der Waals surface area (Å²) in [4.78, 5) is 14.4. The quantitative estimate of drug-likeness (QED) is 0.429. The highest BCUT2D eigenvalue weighted by Gasteiger charge is 2.25. The van der Waals surface area contributed by atoms with Crippen molar-refractivity contribution in [3.05, 3.63) is 100 Å². The molecule has 2 N–H and O–H groups in total. The first-order valence-electron chi connectivity index (χ1n) is 12.3. The Kier molecular flexibility index (Phi) is 8.31. The SMILES string of the molecule is Cc1ccccc1Cc1ccc(OC2CCN(C(=O)C[C@H](N)Cc3cc(F)c(F)cc3F)CC2)cc1. The molecule has 190 valence electrons. The van der Waals surface area contributed by atoms with Crippen LogP contribution in [0.5, 0.6) is 5.75 Å². The number of aryl methyl sites for hydroxylation is 1. The van der Waals surface area contributed by atoms with Crippen molar-refractivity contribution in [2.75, 3.05) is 13.1 Å². The Labute approximate surface area is 209 Å². The topological polar surface area (TPSA) is 55.6 Å². The average Bonchev–Trinajstić information content (AvgIpc) is 2.85. The Morgan fingerprint density at radius 3 is 2.33 bits per heavy atom. The van der Waals surface area contributed by atoms with Crippen molar-refractivity contribution < 1.29 is 22.7 Å². The molecule has 1 saturated heterocycles. The number of rotatable bonds is 8. The summed E-state index contributed by atoms with van der Waals surface area (Å²) in [6.07, 6.45) is 2.24. The molecule has 7 heteroatoms. The zero-order chi connectivity index (χ0) is 25.7. The summed E-state index contributed by atoms with van der Waals surface area (Å²) in [6.45, 7) is 3.20. The van der Waals surface area contributed by atoms with Crippen LogP contribution in [0.25, 0.3) is 0 Å². The van der Waals surface area contributed by atoms with E-state index in [1.807, 2.05) is 18.2 Å². The highest BCUT2D eigenvalue weighted by Crippen LogP contribution is 2.22. The highest BCUT2D eigenvalue weighted by molar-refractivity contribution is 5.77. The van der Waals surface area contributed by atoms with Crippen molar-refractivity contribution in [1.29, 1.82) is 0 Å². The first-order valence-corrected chi connectivity index (χ1v) is 12.3. The lowest BCUT2D eigenvalue weighted by atomic mass is 10.0. The minimum Gasteiger partial charge on any atom is -0.490 e. The molecule has 3 aromatic rings. The van der Waals surface area contributed by atoms with E-state index in [9.17, 15) is 18.0 Å². The van der Waals surface area contributed by atoms with Gasteiger partial charge in [-0.25, -0.2) is 13.2 Å². The average molecular weight is 497 g/mol. The van der Waals surface area contributed by atoms with Crippen LogP contribution in [0, 0.1) is 24.4 Å². The molecule has 0 bridgehead atoms. The number of carbonyl (C=O) groups is 1. The molecule has 1 aliphatic heterocycles. The molecule has 3 aromatic carbocycles. The zero-order valence-corrected chi connectivity index (χ0v) is 20.4. The third-order valence-corrected chi connectivity index (χ3v) is 6.68. The summed E-state index contributed by atoms with van der Waals surface area (Å²) in [5.41, 5.74) is 9.78. The molecule has 4 rings (SSSR count). The standard InChI is InChI=1S/C29H31F3N2O2/c1-19-4-2-3-5-21(19)14-20-6-8-24(9-7-20)36-25-10-12-34(13-11-25)29(35)17-23(33)15-22-16-27(31)28(32)18-26(22)30/h2-9,16,18,23,25H,10-15,17,33H2,1H3/t23-/m1/s1. The monoisotopic (exact) mass is 496 g/mol. The fourth-order valence-electron chi connectivity index (χ4n) is 4.56. The summed E-state index contributed by atoms with van der Waals surface area (Å²) in [5.74, 6) is -2.57. The molecule has 1 fully saturated rings. The highest BCUT2D eigenvalue weighted by atomic mass is 19.2. The van der Waals surface area contributed by atoms with Gasteiger partial charge in [0, 0.05) is 44.5 Å². The van der Waals surface area contributed by atoms with Gasteiger partial charge in [-0.15, -0.1) is 0 Å². The number of hydrogen-bond donors (Lipinski definition) is 1. The predicted octanol–water partition coefficient (Wildman–Crippen LogP) is 5.33. The first kappa shape index (κ1) is 25.8. The first-order chi connectivity index (χ1) is 17.3. The molecule has 0 aliphatic carbocycles. The molecule has 0 radical (unpaired) electrons. The second-order valence-corrected chi connectivity index (χ2v) is 9.47. The molecule has 0 aromatic heterocycles. The summed E-state index contributed by atoms with van der Waals surface area (Å²) in [7, 11) is 0. The van der Waals surface area contributed by atoms with Crippen LogP contribution in [0.3, 0.4) is 0 Å². The van der Waals surface area contributed by atoms with Gasteiger partial charge in [0.05, 0.1) is 0 Å². The van der Waals surface area contributed by atoms with Crippen LogP contribution in [0.1, 0.15) is 41.5 Å². The molecule has 4 nitrogen and oxygen atoms in total. The molecule has 0 saturated carbocycles. The second-order valence-electron chi connectivity index (χ2n) is 9.47. The van der Waals surface area contributed by atoms with Crippen LogP contribution < -0.4 is 10.5 Å². The van der Waals surface area contributed by atoms with Crippen molar-refractivity contribution in [3.8, 4) is 5.75 Å². The molecule has 0 spiro atoms. The number of amides is 1. The molecule has 1 amide bonds. The van der Waals surface area contributed by atoms with Gasteiger partial charge in [-0.05, 0) is 60.2 Å². The van der Waals surface area contributed by atoms with Crippen LogP contribution in [-0.2, 0) is 17.6 Å². The van der Waals surface area contributed by atoms with Gasteiger partial charge in [0.1, 0.15) is 17.7 Å². The van der Waals surface area contributed by atoms with Crippen LogP contribution >= 0.6 is 0 Å². The van der Waals surface area contributed by atoms with Crippen molar-refractivity contribution in [3.63, 3.8) is 0 Å². The van der Waals surface area contributed by atoms with E-state index < -0.39 is 23.5 Å². The van der Waals surface area contributed by atoms with Gasteiger partial charge in [-0.2, -0.15) is 0 Å². The maximum Gasteiger partial charge on any atom is 0.224 e. The van der Waals surface area contributed by atoms with Gasteiger partial charge in [-0.1, -0.05) is 36.4 Å². The number of halogens is 3. The summed E-state index contributed by atoms with van der Waals surface area (Å²) >= 11 is 0. The van der Waals surface area contributed by atoms with Crippen LogP contribution in [0.4, 0.5) is 13.2 Å². The van der Waals surface area contributed by atoms with Crippen molar-refractivity contribution >= 4 is 5.91 Å². The molecule has 0 unspecified atom stereocenters. The predicted molar refractivity (Wildman–Crippen MR) is 133 cm³/mol. The van der Waals surface area contributed by atoms with E-state index in [0.29, 0.717) is 32.0 Å². The number of carbonyl (C=O) groups excluding carboxylic acids is 1. The number of benzene rings is 3. The lowest BCUT2D eigenvalue weighted by Crippen LogP contribution is -2.43. The second kappa shape index (κ2) is 11.6. The molecule has 1 atom stereocenters. The molecule has 1 heterocycles. The van der Waals surface area contributed by atoms with Gasteiger partial charge >= 0.3 is 0 Å². The fraction of sp³-hybridized carbons (Fsp3) is 0.345.